The molecule has 0 aromatic heterocycles. The molecule has 1 aromatic rings. The van der Waals surface area contributed by atoms with Crippen LogP contribution in [-0.4, -0.2) is 77.8 Å². The molecule has 0 N–H and O–H groups in total. The van der Waals surface area contributed by atoms with Gasteiger partial charge in [0.05, 0.1) is 13.0 Å². The first-order valence-corrected chi connectivity index (χ1v) is 9.73. The summed E-state index contributed by atoms with van der Waals surface area (Å²) in [6.07, 6.45) is 0.279. The van der Waals surface area contributed by atoms with E-state index in [0.717, 1.165) is 0 Å². The molecule has 2 heterocycles. The summed E-state index contributed by atoms with van der Waals surface area (Å²) in [5.41, 5.74) is 0.345. The number of ether oxygens (including phenoxy) is 1. The molecule has 1 aromatic carbocycles. The Hall–Kier alpha value is -2.57. The molecule has 2 saturated heterocycles. The lowest BCUT2D eigenvalue weighted by Gasteiger charge is -2.36. The molecule has 2 fully saturated rings. The molecule has 0 spiro atoms. The van der Waals surface area contributed by atoms with Gasteiger partial charge in [-0.15, -0.1) is 0 Å². The van der Waals surface area contributed by atoms with Crippen LogP contribution in [0.2, 0.25) is 0 Å². The third kappa shape index (κ3) is 4.13. The maximum Gasteiger partial charge on any atom is 0.253 e. The van der Waals surface area contributed by atoms with Crippen LogP contribution in [0.5, 0.6) is 5.75 Å². The highest BCUT2D eigenvalue weighted by molar-refractivity contribution is 5.94. The molecule has 28 heavy (non-hydrogen) atoms. The Bertz CT molecular complexity index is 746. The van der Waals surface area contributed by atoms with Crippen LogP contribution >= 0.6 is 0 Å². The molecule has 2 aliphatic heterocycles. The Morgan fingerprint density at radius 1 is 1.00 bits per heavy atom. The number of nitrogens with zero attached hydrogens (tertiary/aromatic N) is 3. The van der Waals surface area contributed by atoms with E-state index in [-0.39, 0.29) is 35.6 Å². The molecule has 0 saturated carbocycles. The average molecular weight is 387 g/mol. The molecular formula is C21H29N3O4. The van der Waals surface area contributed by atoms with Gasteiger partial charge in [0.2, 0.25) is 11.8 Å². The van der Waals surface area contributed by atoms with Gasteiger partial charge in [-0.2, -0.15) is 0 Å². The lowest BCUT2D eigenvalue weighted by molar-refractivity contribution is -0.137. The summed E-state index contributed by atoms with van der Waals surface area (Å²) in [5.74, 6) is 0.457. The van der Waals surface area contributed by atoms with Gasteiger partial charge in [-0.3, -0.25) is 14.4 Å². The third-order valence-electron chi connectivity index (χ3n) is 5.50. The SMILES string of the molecule is COc1ccc(C(=O)N2CCN(C(=O)C3CC(=O)N(C(C)(C)C)C3)CC2)cc1. The number of methoxy groups -OCH3 is 1. The lowest BCUT2D eigenvalue weighted by Crippen LogP contribution is -2.52. The van der Waals surface area contributed by atoms with Gasteiger partial charge in [-0.1, -0.05) is 0 Å². The van der Waals surface area contributed by atoms with Gasteiger partial charge >= 0.3 is 0 Å². The standard InChI is InChI=1S/C21H29N3O4/c1-21(2,3)24-14-16(13-18(24)25)20(27)23-11-9-22(10-12-23)19(26)15-5-7-17(28-4)8-6-15/h5-8,16H,9-14H2,1-4H3. The van der Waals surface area contributed by atoms with E-state index in [4.69, 9.17) is 4.74 Å². The highest BCUT2D eigenvalue weighted by Crippen LogP contribution is 2.27. The smallest absolute Gasteiger partial charge is 0.253 e. The molecule has 7 nitrogen and oxygen atoms in total. The summed E-state index contributed by atoms with van der Waals surface area (Å²) >= 11 is 0. The first-order valence-electron chi connectivity index (χ1n) is 9.73. The number of rotatable bonds is 3. The number of hydrogen-bond donors (Lipinski definition) is 0. The molecule has 0 radical (unpaired) electrons. The fourth-order valence-corrected chi connectivity index (χ4v) is 3.83. The minimum atomic E-state index is -0.282. The van der Waals surface area contributed by atoms with Crippen LogP contribution in [0, 0.1) is 5.92 Å². The molecule has 3 rings (SSSR count). The van der Waals surface area contributed by atoms with Crippen molar-refractivity contribution in [3.8, 4) is 5.75 Å². The van der Waals surface area contributed by atoms with Crippen LogP contribution in [0.25, 0.3) is 0 Å². The van der Waals surface area contributed by atoms with Crippen LogP contribution in [0.15, 0.2) is 24.3 Å². The van der Waals surface area contributed by atoms with Gasteiger partial charge in [0, 0.05) is 50.2 Å². The quantitative estimate of drug-likeness (QED) is 0.790. The Labute approximate surface area is 166 Å². The largest absolute Gasteiger partial charge is 0.497 e. The number of amides is 3. The highest BCUT2D eigenvalue weighted by atomic mass is 16.5. The number of hydrogen-bond acceptors (Lipinski definition) is 4. The highest BCUT2D eigenvalue weighted by Gasteiger charge is 2.41. The topological polar surface area (TPSA) is 70.2 Å². The van der Waals surface area contributed by atoms with Crippen molar-refractivity contribution in [2.45, 2.75) is 32.7 Å². The number of carbonyl (C=O) groups excluding carboxylic acids is 3. The third-order valence-corrected chi connectivity index (χ3v) is 5.50. The molecule has 152 valence electrons. The number of carbonyl (C=O) groups is 3. The first kappa shape index (κ1) is 20.2. The van der Waals surface area contributed by atoms with E-state index in [1.54, 1.807) is 46.1 Å². The Kier molecular flexibility index (Phi) is 5.63. The van der Waals surface area contributed by atoms with E-state index in [1.165, 1.54) is 0 Å². The van der Waals surface area contributed by atoms with E-state index in [0.29, 0.717) is 44.0 Å². The summed E-state index contributed by atoms with van der Waals surface area (Å²) in [6, 6.07) is 7.05. The number of piperazine rings is 1. The minimum Gasteiger partial charge on any atom is -0.497 e. The molecule has 1 unspecified atom stereocenters. The molecule has 0 bridgehead atoms. The molecule has 2 aliphatic rings. The zero-order valence-corrected chi connectivity index (χ0v) is 17.1. The van der Waals surface area contributed by atoms with E-state index < -0.39 is 0 Å². The van der Waals surface area contributed by atoms with E-state index in [2.05, 4.69) is 0 Å². The monoisotopic (exact) mass is 387 g/mol. The second kappa shape index (κ2) is 7.81. The van der Waals surface area contributed by atoms with Crippen molar-refractivity contribution in [3.63, 3.8) is 0 Å². The normalized spacial score (nSPS) is 20.5. The Morgan fingerprint density at radius 2 is 1.57 bits per heavy atom. The molecule has 0 aliphatic carbocycles. The van der Waals surface area contributed by atoms with Crippen molar-refractivity contribution < 1.29 is 19.1 Å². The zero-order chi connectivity index (χ0) is 20.5. The molecule has 1 atom stereocenters. The predicted molar refractivity (Wildman–Crippen MR) is 105 cm³/mol. The van der Waals surface area contributed by atoms with Crippen LogP contribution in [0.4, 0.5) is 0 Å². The predicted octanol–water partition coefficient (Wildman–Crippen LogP) is 1.63. The second-order valence-electron chi connectivity index (χ2n) is 8.42. The number of benzene rings is 1. The summed E-state index contributed by atoms with van der Waals surface area (Å²) in [7, 11) is 1.59. The van der Waals surface area contributed by atoms with Gasteiger partial charge in [0.15, 0.2) is 0 Å². The molecule has 7 heteroatoms. The first-order chi connectivity index (χ1) is 13.2. The summed E-state index contributed by atoms with van der Waals surface area (Å²) < 4.78 is 5.12. The van der Waals surface area contributed by atoms with Crippen LogP contribution in [0.1, 0.15) is 37.6 Å². The van der Waals surface area contributed by atoms with Crippen LogP contribution in [0.3, 0.4) is 0 Å². The van der Waals surface area contributed by atoms with E-state index >= 15 is 0 Å². The Balaban J connectivity index is 1.55. The van der Waals surface area contributed by atoms with Gasteiger partial charge in [-0.05, 0) is 45.0 Å². The van der Waals surface area contributed by atoms with Crippen molar-refractivity contribution in [1.29, 1.82) is 0 Å². The average Bonchev–Trinajstić information content (AvgIpc) is 3.09. The van der Waals surface area contributed by atoms with E-state index in [9.17, 15) is 14.4 Å². The van der Waals surface area contributed by atoms with Gasteiger partial charge in [0.1, 0.15) is 5.75 Å². The summed E-state index contributed by atoms with van der Waals surface area (Å²) in [6.45, 7) is 8.44. The van der Waals surface area contributed by atoms with Crippen LogP contribution < -0.4 is 4.74 Å². The lowest BCUT2D eigenvalue weighted by atomic mass is 10.1. The Morgan fingerprint density at radius 3 is 2.07 bits per heavy atom. The van der Waals surface area contributed by atoms with Crippen molar-refractivity contribution in [1.82, 2.24) is 14.7 Å². The van der Waals surface area contributed by atoms with Crippen LogP contribution in [-0.2, 0) is 9.59 Å². The fourth-order valence-electron chi connectivity index (χ4n) is 3.83. The molecule has 3 amide bonds. The van der Waals surface area contributed by atoms with E-state index in [1.807, 2.05) is 20.8 Å². The van der Waals surface area contributed by atoms with Gasteiger partial charge in [-0.25, -0.2) is 0 Å². The maximum atomic E-state index is 12.9. The number of likely N-dealkylation sites (tertiary alicyclic amines) is 1. The van der Waals surface area contributed by atoms with Gasteiger partial charge in [0.25, 0.3) is 5.91 Å². The minimum absolute atomic E-state index is 0.0247. The fraction of sp³-hybridized carbons (Fsp3) is 0.571. The maximum absolute atomic E-state index is 12.9. The second-order valence-corrected chi connectivity index (χ2v) is 8.42. The zero-order valence-electron chi connectivity index (χ0n) is 17.1. The van der Waals surface area contributed by atoms with Crippen molar-refractivity contribution in [3.05, 3.63) is 29.8 Å². The van der Waals surface area contributed by atoms with Crippen molar-refractivity contribution in [2.24, 2.45) is 5.92 Å². The van der Waals surface area contributed by atoms with Gasteiger partial charge < -0.3 is 19.4 Å². The summed E-state index contributed by atoms with van der Waals surface area (Å²) in [5, 5.41) is 0. The molecular weight excluding hydrogens is 358 g/mol. The van der Waals surface area contributed by atoms with Crippen molar-refractivity contribution in [2.75, 3.05) is 39.8 Å². The van der Waals surface area contributed by atoms with Crippen molar-refractivity contribution >= 4 is 17.7 Å². The summed E-state index contributed by atoms with van der Waals surface area (Å²) in [4.78, 5) is 43.1.